The quantitative estimate of drug-likeness (QED) is 0.665. The minimum absolute atomic E-state index is 0.0962. The largest absolute Gasteiger partial charge is 0.290 e. The molecule has 0 N–H and O–H groups in total. The van der Waals surface area contributed by atoms with E-state index in [1.54, 1.807) is 0 Å². The smallest absolute Gasteiger partial charge is 0.206 e. The van der Waals surface area contributed by atoms with E-state index in [1.165, 1.54) is 5.56 Å². The van der Waals surface area contributed by atoms with Crippen molar-refractivity contribution in [3.8, 4) is 0 Å². The Morgan fingerprint density at radius 2 is 2.08 bits per heavy atom. The zero-order chi connectivity index (χ0) is 8.97. The Kier molecular flexibility index (Phi) is 3.03. The first-order valence-corrected chi connectivity index (χ1v) is 4.25. The third kappa shape index (κ3) is 1.73. The maximum atomic E-state index is 10.4. The molecule has 0 saturated carbocycles. The van der Waals surface area contributed by atoms with Gasteiger partial charge in [-0.1, -0.05) is 38.1 Å². The summed E-state index contributed by atoms with van der Waals surface area (Å²) < 4.78 is 0. The van der Waals surface area contributed by atoms with Crippen molar-refractivity contribution in [1.82, 2.24) is 0 Å². The van der Waals surface area contributed by atoms with Crippen molar-refractivity contribution >= 4 is 6.29 Å². The highest BCUT2D eigenvalue weighted by Crippen LogP contribution is 2.17. The van der Waals surface area contributed by atoms with Crippen LogP contribution in [0.4, 0.5) is 0 Å². The minimum atomic E-state index is -0.0962. The Bertz CT molecular complexity index is 265. The van der Waals surface area contributed by atoms with Gasteiger partial charge in [-0.25, -0.2) is 0 Å². The monoisotopic (exact) mass is 161 g/mol. The molecule has 1 radical (unpaired) electrons. The average molecular weight is 161 g/mol. The van der Waals surface area contributed by atoms with Crippen molar-refractivity contribution < 1.29 is 4.79 Å². The molecule has 0 fully saturated rings. The fourth-order valence-electron chi connectivity index (χ4n) is 1.34. The van der Waals surface area contributed by atoms with Gasteiger partial charge >= 0.3 is 0 Å². The lowest BCUT2D eigenvalue weighted by molar-refractivity contribution is 0.546. The minimum Gasteiger partial charge on any atom is -0.290 e. The molecule has 1 atom stereocenters. The van der Waals surface area contributed by atoms with Crippen LogP contribution in [0.2, 0.25) is 0 Å². The van der Waals surface area contributed by atoms with E-state index in [4.69, 9.17) is 0 Å². The molecule has 0 aromatic heterocycles. The van der Waals surface area contributed by atoms with Gasteiger partial charge in [-0.3, -0.25) is 4.79 Å². The summed E-state index contributed by atoms with van der Waals surface area (Å²) in [7, 11) is 0. The first kappa shape index (κ1) is 8.98. The standard InChI is InChI=1S/C11H13O/c1-3-10-6-4-5-7-11(10)9(2)8-12/h4-7,9H,3H2,1-2H3. The van der Waals surface area contributed by atoms with Gasteiger partial charge in [-0.15, -0.1) is 0 Å². The van der Waals surface area contributed by atoms with Crippen LogP contribution in [0, 0.1) is 0 Å². The summed E-state index contributed by atoms with van der Waals surface area (Å²) in [5, 5.41) is 0. The molecule has 0 saturated heterocycles. The first-order chi connectivity index (χ1) is 5.79. The van der Waals surface area contributed by atoms with Crippen molar-refractivity contribution in [2.45, 2.75) is 26.2 Å². The van der Waals surface area contributed by atoms with Crippen LogP contribution in [0.5, 0.6) is 0 Å². The van der Waals surface area contributed by atoms with Gasteiger partial charge in [0.05, 0.1) is 0 Å². The maximum Gasteiger partial charge on any atom is 0.206 e. The number of hydrogen-bond acceptors (Lipinski definition) is 1. The molecule has 0 amide bonds. The molecule has 1 unspecified atom stereocenters. The highest BCUT2D eigenvalue weighted by atomic mass is 16.1. The van der Waals surface area contributed by atoms with Crippen molar-refractivity contribution in [2.24, 2.45) is 0 Å². The van der Waals surface area contributed by atoms with Crippen LogP contribution in [0.1, 0.15) is 30.9 Å². The van der Waals surface area contributed by atoms with E-state index in [1.807, 2.05) is 31.4 Å². The van der Waals surface area contributed by atoms with Crippen LogP contribution >= 0.6 is 0 Å². The van der Waals surface area contributed by atoms with E-state index in [9.17, 15) is 4.79 Å². The van der Waals surface area contributed by atoms with Crippen LogP contribution in [-0.2, 0) is 11.2 Å². The molecule has 1 aromatic carbocycles. The first-order valence-electron chi connectivity index (χ1n) is 4.25. The Hall–Kier alpha value is -1.11. The second-order valence-electron chi connectivity index (χ2n) is 2.89. The number of aryl methyl sites for hydroxylation is 1. The predicted molar refractivity (Wildman–Crippen MR) is 49.9 cm³/mol. The van der Waals surface area contributed by atoms with Gasteiger partial charge in [-0.05, 0) is 17.5 Å². The molecule has 0 aliphatic carbocycles. The summed E-state index contributed by atoms with van der Waals surface area (Å²) in [5.41, 5.74) is 2.35. The molecule has 1 rings (SSSR count). The Balaban J connectivity index is 3.04. The summed E-state index contributed by atoms with van der Waals surface area (Å²) in [4.78, 5) is 10.4. The zero-order valence-corrected chi connectivity index (χ0v) is 7.50. The lowest BCUT2D eigenvalue weighted by Gasteiger charge is -2.08. The van der Waals surface area contributed by atoms with Crippen LogP contribution in [0.15, 0.2) is 24.3 Å². The summed E-state index contributed by atoms with van der Waals surface area (Å²) in [5.74, 6) is -0.0962. The second-order valence-corrected chi connectivity index (χ2v) is 2.89. The molecule has 1 aromatic rings. The van der Waals surface area contributed by atoms with Crippen molar-refractivity contribution in [3.05, 3.63) is 35.4 Å². The molecule has 12 heavy (non-hydrogen) atoms. The Labute approximate surface area is 73.4 Å². The summed E-state index contributed by atoms with van der Waals surface area (Å²) in [6.45, 7) is 3.97. The van der Waals surface area contributed by atoms with E-state index >= 15 is 0 Å². The van der Waals surface area contributed by atoms with Crippen LogP contribution < -0.4 is 0 Å². The van der Waals surface area contributed by atoms with Gasteiger partial charge in [0.1, 0.15) is 0 Å². The number of hydrogen-bond donors (Lipinski definition) is 0. The molecule has 63 valence electrons. The number of benzene rings is 1. The number of rotatable bonds is 3. The molecule has 0 bridgehead atoms. The van der Waals surface area contributed by atoms with Crippen LogP contribution in [0.25, 0.3) is 0 Å². The lowest BCUT2D eigenvalue weighted by Crippen LogP contribution is -1.98. The van der Waals surface area contributed by atoms with Crippen molar-refractivity contribution in [2.75, 3.05) is 0 Å². The Morgan fingerprint density at radius 3 is 2.67 bits per heavy atom. The normalized spacial score (nSPS) is 12.5. The SMILES string of the molecule is CCc1ccccc1C(C)[C]=O. The van der Waals surface area contributed by atoms with Gasteiger partial charge in [0, 0.05) is 5.92 Å². The Morgan fingerprint density at radius 1 is 1.42 bits per heavy atom. The summed E-state index contributed by atoms with van der Waals surface area (Å²) in [6, 6.07) is 8.01. The van der Waals surface area contributed by atoms with Gasteiger partial charge in [-0.2, -0.15) is 0 Å². The molecule has 0 spiro atoms. The van der Waals surface area contributed by atoms with E-state index in [2.05, 4.69) is 13.0 Å². The third-order valence-corrected chi connectivity index (χ3v) is 2.08. The van der Waals surface area contributed by atoms with Crippen LogP contribution in [-0.4, -0.2) is 6.29 Å². The highest BCUT2D eigenvalue weighted by molar-refractivity contribution is 5.63. The summed E-state index contributed by atoms with van der Waals surface area (Å²) in [6.07, 6.45) is 2.98. The topological polar surface area (TPSA) is 17.1 Å². The molecule has 1 heteroatoms. The van der Waals surface area contributed by atoms with Gasteiger partial charge in [0.15, 0.2) is 0 Å². The van der Waals surface area contributed by atoms with Gasteiger partial charge < -0.3 is 0 Å². The molecular formula is C11H13O. The van der Waals surface area contributed by atoms with Gasteiger partial charge in [0.25, 0.3) is 0 Å². The lowest BCUT2D eigenvalue weighted by atomic mass is 9.96. The highest BCUT2D eigenvalue weighted by Gasteiger charge is 2.07. The van der Waals surface area contributed by atoms with Crippen molar-refractivity contribution in [3.63, 3.8) is 0 Å². The third-order valence-electron chi connectivity index (χ3n) is 2.08. The molecule has 0 aliphatic rings. The summed E-state index contributed by atoms with van der Waals surface area (Å²) >= 11 is 0. The van der Waals surface area contributed by atoms with E-state index in [0.29, 0.717) is 0 Å². The molecular weight excluding hydrogens is 148 g/mol. The fourth-order valence-corrected chi connectivity index (χ4v) is 1.34. The maximum absolute atomic E-state index is 10.4. The second kappa shape index (κ2) is 4.05. The van der Waals surface area contributed by atoms with Crippen LogP contribution in [0.3, 0.4) is 0 Å². The van der Waals surface area contributed by atoms with E-state index < -0.39 is 0 Å². The average Bonchev–Trinajstić information content (AvgIpc) is 2.16. The molecule has 0 aliphatic heterocycles. The number of carbonyl (C=O) groups excluding carboxylic acids is 1. The predicted octanol–water partition coefficient (Wildman–Crippen LogP) is 2.46. The van der Waals surface area contributed by atoms with E-state index in [-0.39, 0.29) is 5.92 Å². The zero-order valence-electron chi connectivity index (χ0n) is 7.50. The fraction of sp³-hybridized carbons (Fsp3) is 0.364. The van der Waals surface area contributed by atoms with E-state index in [0.717, 1.165) is 12.0 Å². The van der Waals surface area contributed by atoms with Gasteiger partial charge in [0.2, 0.25) is 6.29 Å². The molecule has 1 nitrogen and oxygen atoms in total. The molecule has 0 heterocycles. The van der Waals surface area contributed by atoms with Crippen molar-refractivity contribution in [1.29, 1.82) is 0 Å².